The van der Waals surface area contributed by atoms with Crippen LogP contribution < -0.4 is 5.32 Å². The van der Waals surface area contributed by atoms with Gasteiger partial charge in [-0.25, -0.2) is 0 Å². The minimum absolute atomic E-state index is 0.0498. The minimum Gasteiger partial charge on any atom is -0.466 e. The number of ether oxygens (including phenoxy) is 1. The quantitative estimate of drug-likeness (QED) is 0.724. The minimum atomic E-state index is -0.297. The molecule has 1 amide bonds. The van der Waals surface area contributed by atoms with E-state index in [9.17, 15) is 9.59 Å². The zero-order valence-electron chi connectivity index (χ0n) is 10.9. The van der Waals surface area contributed by atoms with Crippen molar-refractivity contribution in [2.75, 3.05) is 13.2 Å². The first-order chi connectivity index (χ1) is 8.06. The molecule has 98 valence electrons. The van der Waals surface area contributed by atoms with Gasteiger partial charge in [-0.05, 0) is 25.2 Å². The van der Waals surface area contributed by atoms with Crippen LogP contribution in [0, 0.1) is 5.41 Å². The number of carbonyl (C=O) groups excluding carboxylic acids is 2. The Kier molecular flexibility index (Phi) is 5.45. The highest BCUT2D eigenvalue weighted by Crippen LogP contribution is 2.36. The Hall–Kier alpha value is -1.06. The van der Waals surface area contributed by atoms with Crippen molar-refractivity contribution >= 4 is 11.9 Å². The van der Waals surface area contributed by atoms with Crippen LogP contribution in [-0.4, -0.2) is 25.0 Å². The van der Waals surface area contributed by atoms with E-state index in [1.54, 1.807) is 6.92 Å². The first-order valence-electron chi connectivity index (χ1n) is 6.48. The molecule has 0 aliphatic heterocycles. The summed E-state index contributed by atoms with van der Waals surface area (Å²) >= 11 is 0. The van der Waals surface area contributed by atoms with E-state index in [-0.39, 0.29) is 30.1 Å². The Morgan fingerprint density at radius 1 is 1.24 bits per heavy atom. The molecule has 0 aromatic heterocycles. The van der Waals surface area contributed by atoms with Crippen molar-refractivity contribution in [1.82, 2.24) is 5.32 Å². The molecule has 1 N–H and O–H groups in total. The molecule has 1 saturated carbocycles. The molecule has 1 rings (SSSR count). The van der Waals surface area contributed by atoms with Crippen molar-refractivity contribution in [3.05, 3.63) is 0 Å². The third kappa shape index (κ3) is 5.20. The average Bonchev–Trinajstić information content (AvgIpc) is 2.72. The molecule has 0 aromatic carbocycles. The summed E-state index contributed by atoms with van der Waals surface area (Å²) in [6.45, 7) is 5.08. The molecule has 0 unspecified atom stereocenters. The van der Waals surface area contributed by atoms with Crippen molar-refractivity contribution in [2.45, 2.75) is 52.4 Å². The van der Waals surface area contributed by atoms with E-state index >= 15 is 0 Å². The molecule has 0 saturated heterocycles. The molecule has 4 heteroatoms. The third-order valence-electron chi connectivity index (χ3n) is 3.38. The van der Waals surface area contributed by atoms with Gasteiger partial charge in [0.2, 0.25) is 5.91 Å². The van der Waals surface area contributed by atoms with Crippen LogP contribution in [0.2, 0.25) is 0 Å². The van der Waals surface area contributed by atoms with E-state index in [1.165, 1.54) is 25.7 Å². The van der Waals surface area contributed by atoms with E-state index in [4.69, 9.17) is 4.74 Å². The Morgan fingerprint density at radius 3 is 2.47 bits per heavy atom. The number of nitrogens with one attached hydrogen (secondary N) is 1. The summed E-state index contributed by atoms with van der Waals surface area (Å²) in [5.41, 5.74) is 0.263. The van der Waals surface area contributed by atoms with E-state index in [0.29, 0.717) is 6.61 Å². The van der Waals surface area contributed by atoms with Crippen LogP contribution in [0.1, 0.15) is 52.4 Å². The number of hydrogen-bond acceptors (Lipinski definition) is 3. The zero-order chi connectivity index (χ0) is 12.7. The number of rotatable bonds is 6. The molecular weight excluding hydrogens is 218 g/mol. The molecular formula is C13H23NO3. The fourth-order valence-corrected chi connectivity index (χ4v) is 2.25. The number of hydrogen-bond donors (Lipinski definition) is 1. The van der Waals surface area contributed by atoms with Crippen molar-refractivity contribution < 1.29 is 14.3 Å². The van der Waals surface area contributed by atoms with Gasteiger partial charge in [-0.2, -0.15) is 0 Å². The maximum Gasteiger partial charge on any atom is 0.306 e. The third-order valence-corrected chi connectivity index (χ3v) is 3.38. The van der Waals surface area contributed by atoms with Gasteiger partial charge in [0.25, 0.3) is 0 Å². The lowest BCUT2D eigenvalue weighted by molar-refractivity contribution is -0.144. The van der Waals surface area contributed by atoms with Crippen LogP contribution in [0.25, 0.3) is 0 Å². The van der Waals surface area contributed by atoms with Gasteiger partial charge < -0.3 is 10.1 Å². The summed E-state index contributed by atoms with van der Waals surface area (Å²) in [4.78, 5) is 22.6. The normalized spacial score (nSPS) is 17.8. The summed E-state index contributed by atoms with van der Waals surface area (Å²) in [7, 11) is 0. The fourth-order valence-electron chi connectivity index (χ4n) is 2.25. The van der Waals surface area contributed by atoms with Crippen LogP contribution in [0.3, 0.4) is 0 Å². The van der Waals surface area contributed by atoms with E-state index in [1.807, 2.05) is 0 Å². The average molecular weight is 241 g/mol. The van der Waals surface area contributed by atoms with Crippen molar-refractivity contribution in [2.24, 2.45) is 5.41 Å². The molecule has 1 fully saturated rings. The predicted octanol–water partition coefficient (Wildman–Crippen LogP) is 2.03. The summed E-state index contributed by atoms with van der Waals surface area (Å²) in [6.07, 6.45) is 5.30. The Balaban J connectivity index is 2.14. The second-order valence-electron chi connectivity index (χ2n) is 5.10. The van der Waals surface area contributed by atoms with E-state index < -0.39 is 0 Å². The maximum absolute atomic E-state index is 11.5. The van der Waals surface area contributed by atoms with E-state index in [0.717, 1.165) is 6.54 Å². The van der Waals surface area contributed by atoms with Gasteiger partial charge in [0, 0.05) is 13.0 Å². The summed E-state index contributed by atoms with van der Waals surface area (Å²) in [5.74, 6) is -0.346. The molecule has 1 aliphatic carbocycles. The van der Waals surface area contributed by atoms with Crippen LogP contribution in [0.15, 0.2) is 0 Å². The van der Waals surface area contributed by atoms with Crippen LogP contribution in [0.4, 0.5) is 0 Å². The monoisotopic (exact) mass is 241 g/mol. The predicted molar refractivity (Wildman–Crippen MR) is 65.5 cm³/mol. The molecule has 0 heterocycles. The highest BCUT2D eigenvalue weighted by molar-refractivity contribution is 5.81. The molecule has 0 bridgehead atoms. The van der Waals surface area contributed by atoms with Gasteiger partial charge in [-0.15, -0.1) is 0 Å². The van der Waals surface area contributed by atoms with Gasteiger partial charge in [0.15, 0.2) is 0 Å². The lowest BCUT2D eigenvalue weighted by Gasteiger charge is -2.23. The van der Waals surface area contributed by atoms with Gasteiger partial charge in [0.1, 0.15) is 0 Å². The molecule has 0 radical (unpaired) electrons. The molecule has 17 heavy (non-hydrogen) atoms. The maximum atomic E-state index is 11.5. The molecule has 4 nitrogen and oxygen atoms in total. The van der Waals surface area contributed by atoms with Crippen LogP contribution in [0.5, 0.6) is 0 Å². The summed E-state index contributed by atoms with van der Waals surface area (Å²) in [5, 5.41) is 2.92. The second-order valence-corrected chi connectivity index (χ2v) is 5.10. The highest BCUT2D eigenvalue weighted by Gasteiger charge is 2.28. The molecule has 1 aliphatic rings. The Morgan fingerprint density at radius 2 is 1.88 bits per heavy atom. The highest BCUT2D eigenvalue weighted by atomic mass is 16.5. The van der Waals surface area contributed by atoms with E-state index in [2.05, 4.69) is 12.2 Å². The smallest absolute Gasteiger partial charge is 0.306 e. The number of esters is 1. The largest absolute Gasteiger partial charge is 0.466 e. The first-order valence-corrected chi connectivity index (χ1v) is 6.48. The fraction of sp³-hybridized carbons (Fsp3) is 0.846. The van der Waals surface area contributed by atoms with Crippen molar-refractivity contribution in [3.63, 3.8) is 0 Å². The number of amides is 1. The standard InChI is InChI=1S/C13H23NO3/c1-3-17-12(16)7-6-11(15)14-10-13(2)8-4-5-9-13/h3-10H2,1-2H3,(H,14,15). The zero-order valence-corrected chi connectivity index (χ0v) is 10.9. The van der Waals surface area contributed by atoms with Crippen LogP contribution >= 0.6 is 0 Å². The Bertz CT molecular complexity index is 270. The first kappa shape index (κ1) is 14.0. The summed E-state index contributed by atoms with van der Waals surface area (Å²) < 4.78 is 4.77. The molecule has 0 atom stereocenters. The van der Waals surface area contributed by atoms with Gasteiger partial charge in [-0.1, -0.05) is 19.8 Å². The van der Waals surface area contributed by atoms with Crippen molar-refractivity contribution in [3.8, 4) is 0 Å². The topological polar surface area (TPSA) is 55.4 Å². The second kappa shape index (κ2) is 6.62. The van der Waals surface area contributed by atoms with Crippen molar-refractivity contribution in [1.29, 1.82) is 0 Å². The lowest BCUT2D eigenvalue weighted by atomic mass is 9.89. The molecule has 0 spiro atoms. The van der Waals surface area contributed by atoms with Gasteiger partial charge in [-0.3, -0.25) is 9.59 Å². The number of carbonyl (C=O) groups is 2. The summed E-state index contributed by atoms with van der Waals surface area (Å²) in [6, 6.07) is 0. The van der Waals surface area contributed by atoms with Crippen LogP contribution in [-0.2, 0) is 14.3 Å². The SMILES string of the molecule is CCOC(=O)CCC(=O)NCC1(C)CCCC1. The van der Waals surface area contributed by atoms with Gasteiger partial charge >= 0.3 is 5.97 Å². The molecule has 0 aromatic rings. The lowest BCUT2D eigenvalue weighted by Crippen LogP contribution is -2.34. The Labute approximate surface area is 103 Å². The van der Waals surface area contributed by atoms with Gasteiger partial charge in [0.05, 0.1) is 13.0 Å².